The summed E-state index contributed by atoms with van der Waals surface area (Å²) in [5.74, 6) is 0.652. The Balaban J connectivity index is 2.43. The van der Waals surface area contributed by atoms with E-state index in [0.29, 0.717) is 17.1 Å². The molecule has 0 amide bonds. The third-order valence-corrected chi connectivity index (χ3v) is 3.09. The maximum Gasteiger partial charge on any atom is 0.416 e. The topological polar surface area (TPSA) is 37.8 Å². The lowest BCUT2D eigenvalue weighted by molar-refractivity contribution is -0.137. The molecular weight excluding hydrogens is 279 g/mol. The number of benzene rings is 1. The summed E-state index contributed by atoms with van der Waals surface area (Å²) in [6, 6.07) is 5.17. The van der Waals surface area contributed by atoms with E-state index >= 15 is 0 Å². The Labute approximate surface area is 121 Å². The molecular formula is C15H16F3N3. The zero-order valence-corrected chi connectivity index (χ0v) is 11.8. The van der Waals surface area contributed by atoms with Crippen LogP contribution in [-0.4, -0.2) is 16.5 Å². The van der Waals surface area contributed by atoms with E-state index in [-0.39, 0.29) is 0 Å². The smallest absolute Gasteiger partial charge is 0.370 e. The van der Waals surface area contributed by atoms with Gasteiger partial charge in [0, 0.05) is 17.7 Å². The van der Waals surface area contributed by atoms with Gasteiger partial charge in [-0.3, -0.25) is 0 Å². The van der Waals surface area contributed by atoms with Crippen LogP contribution in [0, 0.1) is 6.92 Å². The van der Waals surface area contributed by atoms with Crippen LogP contribution in [0.1, 0.15) is 24.5 Å². The number of rotatable bonds is 4. The van der Waals surface area contributed by atoms with Crippen molar-refractivity contribution >= 4 is 5.82 Å². The van der Waals surface area contributed by atoms with Gasteiger partial charge in [0.15, 0.2) is 0 Å². The first-order valence-electron chi connectivity index (χ1n) is 6.66. The van der Waals surface area contributed by atoms with Gasteiger partial charge in [-0.25, -0.2) is 9.97 Å². The Hall–Kier alpha value is -2.11. The summed E-state index contributed by atoms with van der Waals surface area (Å²) in [7, 11) is 0. The summed E-state index contributed by atoms with van der Waals surface area (Å²) in [6.45, 7) is 4.57. The molecule has 3 nitrogen and oxygen atoms in total. The predicted octanol–water partition coefficient (Wildman–Crippen LogP) is 4.29. The van der Waals surface area contributed by atoms with E-state index in [4.69, 9.17) is 0 Å². The Morgan fingerprint density at radius 1 is 1.19 bits per heavy atom. The summed E-state index contributed by atoms with van der Waals surface area (Å²) in [6.07, 6.45) is -2.07. The molecule has 21 heavy (non-hydrogen) atoms. The lowest BCUT2D eigenvalue weighted by Crippen LogP contribution is -2.07. The molecule has 112 valence electrons. The number of anilines is 1. The van der Waals surface area contributed by atoms with Gasteiger partial charge in [0.05, 0.1) is 11.3 Å². The highest BCUT2D eigenvalue weighted by Gasteiger charge is 2.30. The van der Waals surface area contributed by atoms with E-state index in [1.54, 1.807) is 13.0 Å². The van der Waals surface area contributed by atoms with Crippen molar-refractivity contribution in [1.82, 2.24) is 9.97 Å². The lowest BCUT2D eigenvalue weighted by Gasteiger charge is -2.12. The fraction of sp³-hybridized carbons (Fsp3) is 0.333. The molecule has 6 heteroatoms. The number of aromatic nitrogens is 2. The minimum absolute atomic E-state index is 0.435. The van der Waals surface area contributed by atoms with Crippen LogP contribution < -0.4 is 5.32 Å². The SMILES string of the molecule is CCCNc1ncnc(-c2cccc(C(F)(F)F)c2)c1C. The zero-order chi connectivity index (χ0) is 15.5. The lowest BCUT2D eigenvalue weighted by atomic mass is 10.0. The summed E-state index contributed by atoms with van der Waals surface area (Å²) < 4.78 is 38.4. The molecule has 0 atom stereocenters. The Bertz CT molecular complexity index is 624. The van der Waals surface area contributed by atoms with Crippen molar-refractivity contribution in [3.8, 4) is 11.3 Å². The van der Waals surface area contributed by atoms with E-state index in [1.165, 1.54) is 12.4 Å². The third-order valence-electron chi connectivity index (χ3n) is 3.09. The highest BCUT2D eigenvalue weighted by molar-refractivity contribution is 5.68. The second-order valence-electron chi connectivity index (χ2n) is 4.70. The van der Waals surface area contributed by atoms with Gasteiger partial charge in [0.1, 0.15) is 12.1 Å². The predicted molar refractivity (Wildman–Crippen MR) is 76.0 cm³/mol. The van der Waals surface area contributed by atoms with Crippen molar-refractivity contribution in [2.45, 2.75) is 26.4 Å². The first kappa shape index (κ1) is 15.3. The number of hydrogen-bond acceptors (Lipinski definition) is 3. The molecule has 0 fully saturated rings. The molecule has 0 aliphatic rings. The van der Waals surface area contributed by atoms with Gasteiger partial charge in [0.25, 0.3) is 0 Å². The Morgan fingerprint density at radius 3 is 2.62 bits per heavy atom. The normalized spacial score (nSPS) is 11.5. The highest BCUT2D eigenvalue weighted by atomic mass is 19.4. The van der Waals surface area contributed by atoms with Crippen LogP contribution in [0.5, 0.6) is 0 Å². The van der Waals surface area contributed by atoms with Crippen LogP contribution >= 0.6 is 0 Å². The summed E-state index contributed by atoms with van der Waals surface area (Å²) >= 11 is 0. The molecule has 0 radical (unpaired) electrons. The van der Waals surface area contributed by atoms with Crippen LogP contribution in [0.4, 0.5) is 19.0 Å². The summed E-state index contributed by atoms with van der Waals surface area (Å²) in [5.41, 5.74) is 1.00. The van der Waals surface area contributed by atoms with Gasteiger partial charge in [-0.05, 0) is 25.5 Å². The third kappa shape index (κ3) is 3.51. The van der Waals surface area contributed by atoms with Gasteiger partial charge in [-0.1, -0.05) is 19.1 Å². The maximum absolute atomic E-state index is 12.8. The van der Waals surface area contributed by atoms with Gasteiger partial charge in [-0.15, -0.1) is 0 Å². The average molecular weight is 295 g/mol. The van der Waals surface area contributed by atoms with Crippen LogP contribution in [0.3, 0.4) is 0 Å². The first-order chi connectivity index (χ1) is 9.93. The van der Waals surface area contributed by atoms with Crippen LogP contribution in [0.25, 0.3) is 11.3 Å². The molecule has 0 unspecified atom stereocenters. The first-order valence-corrected chi connectivity index (χ1v) is 6.66. The van der Waals surface area contributed by atoms with E-state index in [0.717, 1.165) is 30.7 Å². The van der Waals surface area contributed by atoms with Crippen molar-refractivity contribution in [2.75, 3.05) is 11.9 Å². The van der Waals surface area contributed by atoms with Crippen LogP contribution in [0.15, 0.2) is 30.6 Å². The number of nitrogens with zero attached hydrogens (tertiary/aromatic N) is 2. The van der Waals surface area contributed by atoms with Gasteiger partial charge >= 0.3 is 6.18 Å². The maximum atomic E-state index is 12.8. The molecule has 0 aliphatic heterocycles. The van der Waals surface area contributed by atoms with Crippen molar-refractivity contribution in [3.05, 3.63) is 41.7 Å². The Morgan fingerprint density at radius 2 is 1.95 bits per heavy atom. The van der Waals surface area contributed by atoms with Gasteiger partial charge in [0.2, 0.25) is 0 Å². The molecule has 0 saturated heterocycles. The zero-order valence-electron chi connectivity index (χ0n) is 11.8. The quantitative estimate of drug-likeness (QED) is 0.914. The number of hydrogen-bond donors (Lipinski definition) is 1. The molecule has 0 spiro atoms. The number of alkyl halides is 3. The standard InChI is InChI=1S/C15H16F3N3/c1-3-7-19-14-10(2)13(20-9-21-14)11-5-4-6-12(8-11)15(16,17)18/h4-6,8-9H,3,7H2,1-2H3,(H,19,20,21). The average Bonchev–Trinajstić information content (AvgIpc) is 2.45. The fourth-order valence-corrected chi connectivity index (χ4v) is 2.01. The summed E-state index contributed by atoms with van der Waals surface area (Å²) in [5, 5.41) is 3.14. The monoisotopic (exact) mass is 295 g/mol. The molecule has 0 aliphatic carbocycles. The molecule has 2 aromatic rings. The number of halogens is 3. The highest BCUT2D eigenvalue weighted by Crippen LogP contribution is 2.33. The number of nitrogens with one attached hydrogen (secondary N) is 1. The van der Waals surface area contributed by atoms with Crippen LogP contribution in [0.2, 0.25) is 0 Å². The van der Waals surface area contributed by atoms with Crippen molar-refractivity contribution in [2.24, 2.45) is 0 Å². The summed E-state index contributed by atoms with van der Waals surface area (Å²) in [4.78, 5) is 8.25. The van der Waals surface area contributed by atoms with Gasteiger partial charge < -0.3 is 5.32 Å². The van der Waals surface area contributed by atoms with Gasteiger partial charge in [-0.2, -0.15) is 13.2 Å². The van der Waals surface area contributed by atoms with Crippen molar-refractivity contribution in [3.63, 3.8) is 0 Å². The Kier molecular flexibility index (Phi) is 4.45. The van der Waals surface area contributed by atoms with Crippen LogP contribution in [-0.2, 0) is 6.18 Å². The van der Waals surface area contributed by atoms with E-state index in [1.807, 2.05) is 6.92 Å². The molecule has 1 heterocycles. The second kappa shape index (κ2) is 6.11. The van der Waals surface area contributed by atoms with Crippen molar-refractivity contribution < 1.29 is 13.2 Å². The minimum Gasteiger partial charge on any atom is -0.370 e. The molecule has 0 saturated carbocycles. The van der Waals surface area contributed by atoms with Crippen molar-refractivity contribution in [1.29, 1.82) is 0 Å². The molecule has 1 N–H and O–H groups in total. The van der Waals surface area contributed by atoms with E-state index in [2.05, 4.69) is 15.3 Å². The fourth-order valence-electron chi connectivity index (χ4n) is 2.01. The molecule has 1 aromatic heterocycles. The molecule has 1 aromatic carbocycles. The van der Waals surface area contributed by atoms with E-state index < -0.39 is 11.7 Å². The largest absolute Gasteiger partial charge is 0.416 e. The van der Waals surface area contributed by atoms with E-state index in [9.17, 15) is 13.2 Å². The molecule has 2 rings (SSSR count). The minimum atomic E-state index is -4.36. The molecule has 0 bridgehead atoms. The second-order valence-corrected chi connectivity index (χ2v) is 4.70.